The van der Waals surface area contributed by atoms with Gasteiger partial charge in [0.15, 0.2) is 11.5 Å². The zero-order valence-electron chi connectivity index (χ0n) is 8.86. The number of aromatic nitrogens is 1. The van der Waals surface area contributed by atoms with Gasteiger partial charge in [-0.15, -0.1) is 0 Å². The van der Waals surface area contributed by atoms with Crippen LogP contribution in [0.3, 0.4) is 0 Å². The van der Waals surface area contributed by atoms with Crippen molar-refractivity contribution in [3.8, 4) is 0 Å². The molecule has 1 fully saturated rings. The Bertz CT molecular complexity index is 388. The lowest BCUT2D eigenvalue weighted by Gasteiger charge is -2.28. The lowest BCUT2D eigenvalue weighted by molar-refractivity contribution is 0.0685. The van der Waals surface area contributed by atoms with Crippen LogP contribution in [0.25, 0.3) is 0 Å². The summed E-state index contributed by atoms with van der Waals surface area (Å²) in [5, 5.41) is 12.3. The van der Waals surface area contributed by atoms with Gasteiger partial charge in [0.05, 0.1) is 5.54 Å². The Balaban J connectivity index is 2.32. The van der Waals surface area contributed by atoms with Gasteiger partial charge in [-0.2, -0.15) is 0 Å². The van der Waals surface area contributed by atoms with E-state index < -0.39 is 5.97 Å². The molecule has 0 bridgehead atoms. The van der Waals surface area contributed by atoms with Gasteiger partial charge in [-0.25, -0.2) is 4.79 Å². The maximum Gasteiger partial charge on any atom is 0.358 e. The number of likely N-dealkylation sites (tertiary alicyclic amines) is 1. The summed E-state index contributed by atoms with van der Waals surface area (Å²) in [6.45, 7) is 3.05. The van der Waals surface area contributed by atoms with Crippen molar-refractivity contribution in [1.29, 1.82) is 0 Å². The molecule has 0 amide bonds. The molecule has 1 aliphatic rings. The number of aromatic carboxylic acids is 1. The van der Waals surface area contributed by atoms with Crippen molar-refractivity contribution in [2.45, 2.75) is 25.3 Å². The highest BCUT2D eigenvalue weighted by Gasteiger charge is 2.39. The van der Waals surface area contributed by atoms with Crippen LogP contribution in [-0.4, -0.2) is 34.7 Å². The smallest absolute Gasteiger partial charge is 0.358 e. The molecule has 0 spiro atoms. The summed E-state index contributed by atoms with van der Waals surface area (Å²) < 4.78 is 5.11. The van der Waals surface area contributed by atoms with Crippen molar-refractivity contribution >= 4 is 5.97 Å². The maximum absolute atomic E-state index is 10.7. The molecule has 1 aromatic rings. The van der Waals surface area contributed by atoms with Gasteiger partial charge in [0.25, 0.3) is 0 Å². The van der Waals surface area contributed by atoms with E-state index in [0.717, 1.165) is 19.4 Å². The van der Waals surface area contributed by atoms with Gasteiger partial charge in [-0.1, -0.05) is 5.16 Å². The molecular formula is C10H14N2O3. The molecule has 1 saturated heterocycles. The second-order valence-corrected chi connectivity index (χ2v) is 4.18. The van der Waals surface area contributed by atoms with Crippen LogP contribution in [0.1, 0.15) is 36.0 Å². The fraction of sp³-hybridized carbons (Fsp3) is 0.600. The fourth-order valence-corrected chi connectivity index (χ4v) is 2.04. The summed E-state index contributed by atoms with van der Waals surface area (Å²) in [4.78, 5) is 12.8. The Morgan fingerprint density at radius 3 is 2.93 bits per heavy atom. The van der Waals surface area contributed by atoms with Gasteiger partial charge >= 0.3 is 5.97 Å². The predicted octanol–water partition coefficient (Wildman–Crippen LogP) is 1.31. The molecule has 2 heterocycles. The third kappa shape index (κ3) is 1.52. The van der Waals surface area contributed by atoms with Crippen molar-refractivity contribution < 1.29 is 14.4 Å². The molecule has 1 atom stereocenters. The first-order valence-corrected chi connectivity index (χ1v) is 4.96. The second kappa shape index (κ2) is 3.34. The van der Waals surface area contributed by atoms with Crippen LogP contribution in [0.2, 0.25) is 0 Å². The van der Waals surface area contributed by atoms with Gasteiger partial charge < -0.3 is 9.63 Å². The first-order valence-electron chi connectivity index (χ1n) is 4.96. The van der Waals surface area contributed by atoms with Crippen molar-refractivity contribution in [3.05, 3.63) is 17.5 Å². The molecule has 5 heteroatoms. The van der Waals surface area contributed by atoms with E-state index in [1.807, 2.05) is 14.0 Å². The quantitative estimate of drug-likeness (QED) is 0.797. The van der Waals surface area contributed by atoms with E-state index in [1.165, 1.54) is 6.07 Å². The largest absolute Gasteiger partial charge is 0.476 e. The number of hydrogen-bond donors (Lipinski definition) is 1. The zero-order valence-corrected chi connectivity index (χ0v) is 8.86. The monoisotopic (exact) mass is 210 g/mol. The molecule has 1 unspecified atom stereocenters. The van der Waals surface area contributed by atoms with Gasteiger partial charge in [0.2, 0.25) is 0 Å². The van der Waals surface area contributed by atoms with Crippen molar-refractivity contribution in [3.63, 3.8) is 0 Å². The normalized spacial score (nSPS) is 27.1. The SMILES string of the molecule is CN1CCCC1(C)c1cc(C(=O)O)no1. The first-order chi connectivity index (χ1) is 7.04. The minimum absolute atomic E-state index is 0.0217. The number of carboxylic acid groups (broad SMARTS) is 1. The molecule has 15 heavy (non-hydrogen) atoms. The van der Waals surface area contributed by atoms with E-state index in [1.54, 1.807) is 0 Å². The van der Waals surface area contributed by atoms with Crippen LogP contribution < -0.4 is 0 Å². The average Bonchev–Trinajstić information content (AvgIpc) is 2.75. The van der Waals surface area contributed by atoms with E-state index in [-0.39, 0.29) is 11.2 Å². The minimum Gasteiger partial charge on any atom is -0.476 e. The summed E-state index contributed by atoms with van der Waals surface area (Å²) in [7, 11) is 2.01. The predicted molar refractivity (Wildman–Crippen MR) is 52.7 cm³/mol. The summed E-state index contributed by atoms with van der Waals surface area (Å²) in [6.07, 6.45) is 2.06. The van der Waals surface area contributed by atoms with Gasteiger partial charge in [-0.3, -0.25) is 4.90 Å². The van der Waals surface area contributed by atoms with Crippen LogP contribution in [-0.2, 0) is 5.54 Å². The van der Waals surface area contributed by atoms with Crippen molar-refractivity contribution in [2.24, 2.45) is 0 Å². The summed E-state index contributed by atoms with van der Waals surface area (Å²) in [5.41, 5.74) is -0.229. The van der Waals surface area contributed by atoms with Crippen LogP contribution >= 0.6 is 0 Å². The van der Waals surface area contributed by atoms with Crippen molar-refractivity contribution in [2.75, 3.05) is 13.6 Å². The van der Waals surface area contributed by atoms with E-state index in [2.05, 4.69) is 10.1 Å². The van der Waals surface area contributed by atoms with E-state index >= 15 is 0 Å². The molecule has 0 saturated carbocycles. The second-order valence-electron chi connectivity index (χ2n) is 4.18. The summed E-state index contributed by atoms with van der Waals surface area (Å²) in [6, 6.07) is 1.52. The van der Waals surface area contributed by atoms with Crippen LogP contribution in [0, 0.1) is 0 Å². The summed E-state index contributed by atoms with van der Waals surface area (Å²) >= 11 is 0. The molecule has 0 aromatic carbocycles. The number of carbonyl (C=O) groups is 1. The molecule has 82 valence electrons. The van der Waals surface area contributed by atoms with Gasteiger partial charge in [0.1, 0.15) is 0 Å². The number of nitrogens with zero attached hydrogens (tertiary/aromatic N) is 2. The highest BCUT2D eigenvalue weighted by molar-refractivity contribution is 5.85. The van der Waals surface area contributed by atoms with Gasteiger partial charge in [-0.05, 0) is 33.4 Å². The molecule has 1 aromatic heterocycles. The van der Waals surface area contributed by atoms with E-state index in [9.17, 15) is 4.79 Å². The number of carboxylic acids is 1. The van der Waals surface area contributed by atoms with E-state index in [4.69, 9.17) is 9.63 Å². The summed E-state index contributed by atoms with van der Waals surface area (Å²) in [5.74, 6) is -0.408. The molecule has 0 radical (unpaired) electrons. The van der Waals surface area contributed by atoms with E-state index in [0.29, 0.717) is 5.76 Å². The van der Waals surface area contributed by atoms with Gasteiger partial charge in [0, 0.05) is 6.07 Å². The first kappa shape index (κ1) is 10.2. The average molecular weight is 210 g/mol. The molecule has 2 rings (SSSR count). The highest BCUT2D eigenvalue weighted by Crippen LogP contribution is 2.37. The molecular weight excluding hydrogens is 196 g/mol. The number of hydrogen-bond acceptors (Lipinski definition) is 4. The molecule has 0 aliphatic carbocycles. The minimum atomic E-state index is -1.05. The van der Waals surface area contributed by atoms with Crippen LogP contribution in [0.15, 0.2) is 10.6 Å². The van der Waals surface area contributed by atoms with Crippen LogP contribution in [0.4, 0.5) is 0 Å². The number of rotatable bonds is 2. The zero-order chi connectivity index (χ0) is 11.1. The maximum atomic E-state index is 10.7. The van der Waals surface area contributed by atoms with Crippen LogP contribution in [0.5, 0.6) is 0 Å². The third-order valence-electron chi connectivity index (χ3n) is 3.26. The molecule has 1 aliphatic heterocycles. The Morgan fingerprint density at radius 1 is 1.73 bits per heavy atom. The fourth-order valence-electron chi connectivity index (χ4n) is 2.04. The topological polar surface area (TPSA) is 66.6 Å². The highest BCUT2D eigenvalue weighted by atomic mass is 16.5. The molecule has 5 nitrogen and oxygen atoms in total. The van der Waals surface area contributed by atoms with Crippen molar-refractivity contribution in [1.82, 2.24) is 10.1 Å². The standard InChI is InChI=1S/C10H14N2O3/c1-10(4-3-5-12(10)2)8-6-7(9(13)14)11-15-8/h6H,3-5H2,1-2H3,(H,13,14). The Labute approximate surface area is 87.7 Å². The third-order valence-corrected chi connectivity index (χ3v) is 3.26. The lowest BCUT2D eigenvalue weighted by Crippen LogP contribution is -2.34. The Kier molecular flexibility index (Phi) is 2.26. The Hall–Kier alpha value is -1.36. The molecule has 1 N–H and O–H groups in total. The lowest BCUT2D eigenvalue weighted by atomic mass is 9.95. The Morgan fingerprint density at radius 2 is 2.47 bits per heavy atom.